The first kappa shape index (κ1) is 14.5. The molecule has 2 aromatic carbocycles. The van der Waals surface area contributed by atoms with Gasteiger partial charge in [-0.3, -0.25) is 0 Å². The first-order chi connectivity index (χ1) is 9.51. The van der Waals surface area contributed by atoms with E-state index in [0.29, 0.717) is 33.4 Å². The van der Waals surface area contributed by atoms with Gasteiger partial charge in [0.2, 0.25) is 0 Å². The lowest BCUT2D eigenvalue weighted by molar-refractivity contribution is 0.850. The van der Waals surface area contributed by atoms with Gasteiger partial charge in [0, 0.05) is 21.4 Å². The summed E-state index contributed by atoms with van der Waals surface area (Å²) >= 11 is 12.3. The molecular formula is C15H13Cl2N3. The molecular weight excluding hydrogens is 293 g/mol. The van der Waals surface area contributed by atoms with E-state index < -0.39 is 5.92 Å². The zero-order valence-electron chi connectivity index (χ0n) is 10.6. The molecule has 1 atom stereocenters. The van der Waals surface area contributed by atoms with Crippen LogP contribution in [0.4, 0.5) is 11.4 Å². The number of nitrogens with two attached hydrogens (primary N) is 2. The van der Waals surface area contributed by atoms with E-state index in [-0.39, 0.29) is 0 Å². The molecule has 0 heterocycles. The Balaban J connectivity index is 2.37. The molecule has 3 nitrogen and oxygen atoms in total. The Morgan fingerprint density at radius 3 is 2.25 bits per heavy atom. The Morgan fingerprint density at radius 1 is 1.00 bits per heavy atom. The van der Waals surface area contributed by atoms with E-state index in [1.165, 1.54) is 0 Å². The molecule has 0 aromatic heterocycles. The lowest BCUT2D eigenvalue weighted by Crippen LogP contribution is -2.03. The first-order valence-electron chi connectivity index (χ1n) is 5.99. The minimum atomic E-state index is -0.426. The molecule has 0 saturated carbocycles. The van der Waals surface area contributed by atoms with E-state index >= 15 is 0 Å². The third-order valence-corrected chi connectivity index (χ3v) is 3.76. The van der Waals surface area contributed by atoms with Gasteiger partial charge in [-0.25, -0.2) is 0 Å². The Bertz CT molecular complexity index is 677. The number of hydrogen-bond acceptors (Lipinski definition) is 3. The quantitative estimate of drug-likeness (QED) is 0.841. The fourth-order valence-corrected chi connectivity index (χ4v) is 2.47. The van der Waals surface area contributed by atoms with Crippen LogP contribution in [0.3, 0.4) is 0 Å². The van der Waals surface area contributed by atoms with Gasteiger partial charge in [-0.15, -0.1) is 0 Å². The summed E-state index contributed by atoms with van der Waals surface area (Å²) < 4.78 is 0. The monoisotopic (exact) mass is 305 g/mol. The van der Waals surface area contributed by atoms with Gasteiger partial charge in [-0.1, -0.05) is 23.2 Å². The molecule has 0 aliphatic carbocycles. The molecule has 2 rings (SSSR count). The highest BCUT2D eigenvalue weighted by Crippen LogP contribution is 2.31. The van der Waals surface area contributed by atoms with Gasteiger partial charge in [0.1, 0.15) is 0 Å². The first-order valence-corrected chi connectivity index (χ1v) is 6.75. The fourth-order valence-electron chi connectivity index (χ4n) is 2.03. The number of nitriles is 1. The highest BCUT2D eigenvalue weighted by atomic mass is 35.5. The van der Waals surface area contributed by atoms with Crippen LogP contribution in [0, 0.1) is 11.3 Å². The molecule has 0 saturated heterocycles. The number of anilines is 2. The molecule has 5 heteroatoms. The summed E-state index contributed by atoms with van der Waals surface area (Å²) in [6, 6.07) is 12.6. The minimum absolute atomic E-state index is 0.426. The Labute approximate surface area is 127 Å². The van der Waals surface area contributed by atoms with Crippen LogP contribution in [0.2, 0.25) is 10.0 Å². The maximum atomic E-state index is 9.39. The molecule has 0 amide bonds. The normalized spacial score (nSPS) is 11.8. The lowest BCUT2D eigenvalue weighted by Gasteiger charge is -2.13. The van der Waals surface area contributed by atoms with Crippen molar-refractivity contribution in [2.75, 3.05) is 11.5 Å². The van der Waals surface area contributed by atoms with Crippen molar-refractivity contribution in [2.45, 2.75) is 12.3 Å². The van der Waals surface area contributed by atoms with Crippen LogP contribution in [0.25, 0.3) is 0 Å². The summed E-state index contributed by atoms with van der Waals surface area (Å²) in [6.07, 6.45) is 0.434. The molecule has 0 fully saturated rings. The summed E-state index contributed by atoms with van der Waals surface area (Å²) in [6.45, 7) is 0. The molecule has 0 spiro atoms. The van der Waals surface area contributed by atoms with Gasteiger partial charge in [0.15, 0.2) is 0 Å². The minimum Gasteiger partial charge on any atom is -0.399 e. The summed E-state index contributed by atoms with van der Waals surface area (Å²) in [5.41, 5.74) is 14.2. The van der Waals surface area contributed by atoms with Gasteiger partial charge in [0.25, 0.3) is 0 Å². The van der Waals surface area contributed by atoms with E-state index in [1.54, 1.807) is 36.4 Å². The maximum absolute atomic E-state index is 9.39. The predicted octanol–water partition coefficient (Wildman–Crippen LogP) is 4.01. The van der Waals surface area contributed by atoms with Crippen LogP contribution >= 0.6 is 23.2 Å². The van der Waals surface area contributed by atoms with Crippen LogP contribution in [-0.2, 0) is 6.42 Å². The summed E-state index contributed by atoms with van der Waals surface area (Å²) in [4.78, 5) is 0. The molecule has 20 heavy (non-hydrogen) atoms. The van der Waals surface area contributed by atoms with Crippen LogP contribution in [0.15, 0.2) is 36.4 Å². The molecule has 0 radical (unpaired) electrons. The molecule has 0 bridgehead atoms. The third-order valence-electron chi connectivity index (χ3n) is 3.05. The van der Waals surface area contributed by atoms with Gasteiger partial charge >= 0.3 is 0 Å². The zero-order chi connectivity index (χ0) is 14.7. The second-order valence-electron chi connectivity index (χ2n) is 4.52. The van der Waals surface area contributed by atoms with Gasteiger partial charge in [-0.05, 0) is 53.9 Å². The second kappa shape index (κ2) is 6.04. The van der Waals surface area contributed by atoms with Crippen molar-refractivity contribution in [3.63, 3.8) is 0 Å². The van der Waals surface area contributed by atoms with Gasteiger partial charge in [-0.2, -0.15) is 5.26 Å². The van der Waals surface area contributed by atoms with Crippen LogP contribution in [0.5, 0.6) is 0 Å². The number of rotatable bonds is 3. The van der Waals surface area contributed by atoms with E-state index in [1.807, 2.05) is 0 Å². The number of benzene rings is 2. The summed E-state index contributed by atoms with van der Waals surface area (Å²) in [5, 5.41) is 10.5. The van der Waals surface area contributed by atoms with Crippen molar-refractivity contribution in [3.8, 4) is 6.07 Å². The molecule has 4 N–H and O–H groups in total. The highest BCUT2D eigenvalue weighted by Gasteiger charge is 2.17. The van der Waals surface area contributed by atoms with Crippen molar-refractivity contribution in [3.05, 3.63) is 57.6 Å². The standard InChI is InChI=1S/C15H13Cl2N3/c16-14-3-1-11(19)6-9(14)5-10(8-18)13-7-12(20)2-4-15(13)17/h1-4,6-7,10H,5,19-20H2/t10-/m1/s1. The van der Waals surface area contributed by atoms with E-state index in [2.05, 4.69) is 6.07 Å². The SMILES string of the molecule is N#C[C@@H](Cc1cc(N)ccc1Cl)c1cc(N)ccc1Cl. The average Bonchev–Trinajstić information content (AvgIpc) is 2.42. The molecule has 102 valence electrons. The molecule has 2 aromatic rings. The fraction of sp³-hybridized carbons (Fsp3) is 0.133. The van der Waals surface area contributed by atoms with Gasteiger partial charge in [0.05, 0.1) is 12.0 Å². The highest BCUT2D eigenvalue weighted by molar-refractivity contribution is 6.32. The van der Waals surface area contributed by atoms with Crippen molar-refractivity contribution in [2.24, 2.45) is 0 Å². The lowest BCUT2D eigenvalue weighted by atomic mass is 9.92. The van der Waals surface area contributed by atoms with Crippen molar-refractivity contribution >= 4 is 34.6 Å². The topological polar surface area (TPSA) is 75.8 Å². The van der Waals surface area contributed by atoms with Crippen molar-refractivity contribution in [1.82, 2.24) is 0 Å². The molecule has 0 unspecified atom stereocenters. The zero-order valence-corrected chi connectivity index (χ0v) is 12.1. The maximum Gasteiger partial charge on any atom is 0.0768 e. The molecule has 0 aliphatic rings. The van der Waals surface area contributed by atoms with Crippen LogP contribution < -0.4 is 11.5 Å². The van der Waals surface area contributed by atoms with Crippen LogP contribution in [-0.4, -0.2) is 0 Å². The van der Waals surface area contributed by atoms with Gasteiger partial charge < -0.3 is 11.5 Å². The number of nitrogen functional groups attached to an aromatic ring is 2. The number of hydrogen-bond donors (Lipinski definition) is 2. The number of halogens is 2. The van der Waals surface area contributed by atoms with E-state index in [9.17, 15) is 5.26 Å². The average molecular weight is 306 g/mol. The number of nitrogens with zero attached hydrogens (tertiary/aromatic N) is 1. The second-order valence-corrected chi connectivity index (χ2v) is 5.33. The van der Waals surface area contributed by atoms with Crippen molar-refractivity contribution < 1.29 is 0 Å². The largest absolute Gasteiger partial charge is 0.399 e. The smallest absolute Gasteiger partial charge is 0.0768 e. The Morgan fingerprint density at radius 2 is 1.60 bits per heavy atom. The van der Waals surface area contributed by atoms with Crippen molar-refractivity contribution in [1.29, 1.82) is 5.26 Å². The Hall–Kier alpha value is -1.89. The van der Waals surface area contributed by atoms with Crippen LogP contribution in [0.1, 0.15) is 17.0 Å². The molecule has 0 aliphatic heterocycles. The Kier molecular flexibility index (Phi) is 4.39. The summed E-state index contributed by atoms with van der Waals surface area (Å²) in [7, 11) is 0. The predicted molar refractivity (Wildman–Crippen MR) is 83.8 cm³/mol. The summed E-state index contributed by atoms with van der Waals surface area (Å²) in [5.74, 6) is -0.426. The van der Waals surface area contributed by atoms with E-state index in [0.717, 1.165) is 5.56 Å². The third kappa shape index (κ3) is 3.16. The van der Waals surface area contributed by atoms with E-state index in [4.69, 9.17) is 34.7 Å².